The van der Waals surface area contributed by atoms with Gasteiger partial charge in [-0.1, -0.05) is 15.9 Å². The van der Waals surface area contributed by atoms with E-state index < -0.39 is 4.92 Å². The molecule has 0 bridgehead atoms. The van der Waals surface area contributed by atoms with Gasteiger partial charge in [0.25, 0.3) is 5.69 Å². The molecule has 2 aliphatic rings. The van der Waals surface area contributed by atoms with Crippen molar-refractivity contribution in [2.45, 2.75) is 20.1 Å². The number of non-ortho nitro benzene ring substituents is 1. The van der Waals surface area contributed by atoms with Gasteiger partial charge in [-0.05, 0) is 55.0 Å². The minimum atomic E-state index is -0.473. The third-order valence-corrected chi connectivity index (χ3v) is 6.03. The van der Waals surface area contributed by atoms with Crippen LogP contribution in [0.1, 0.15) is 32.6 Å². The van der Waals surface area contributed by atoms with Crippen LogP contribution in [0.4, 0.5) is 5.69 Å². The first-order valence-corrected chi connectivity index (χ1v) is 11.2. The molecule has 0 radical (unpaired) electrons. The number of fused-ring (bicyclic) bond motifs is 2. The quantitative estimate of drug-likeness (QED) is 0.239. The molecule has 3 aromatic rings. The molecule has 8 nitrogen and oxygen atoms in total. The molecule has 0 amide bonds. The second-order valence-corrected chi connectivity index (χ2v) is 8.72. The van der Waals surface area contributed by atoms with E-state index in [2.05, 4.69) is 15.9 Å². The number of hydrogen-bond donors (Lipinski definition) is 0. The number of hydrogen-bond acceptors (Lipinski definition) is 7. The van der Waals surface area contributed by atoms with Crippen LogP contribution in [0.5, 0.6) is 17.2 Å². The summed E-state index contributed by atoms with van der Waals surface area (Å²) in [6.45, 7) is 2.76. The highest BCUT2D eigenvalue weighted by atomic mass is 79.9. The van der Waals surface area contributed by atoms with E-state index in [1.165, 1.54) is 12.1 Å². The summed E-state index contributed by atoms with van der Waals surface area (Å²) >= 11 is 3.51. The number of nitro groups is 1. The van der Waals surface area contributed by atoms with E-state index in [-0.39, 0.29) is 30.6 Å². The van der Waals surface area contributed by atoms with Gasteiger partial charge in [-0.2, -0.15) is 0 Å². The zero-order valence-corrected chi connectivity index (χ0v) is 19.6. The maximum absolute atomic E-state index is 12.8. The maximum atomic E-state index is 12.8. The van der Waals surface area contributed by atoms with Crippen LogP contribution in [-0.2, 0) is 18.0 Å². The van der Waals surface area contributed by atoms with Gasteiger partial charge in [0.1, 0.15) is 23.9 Å². The first-order chi connectivity index (χ1) is 16.4. The lowest BCUT2D eigenvalue weighted by Crippen LogP contribution is -2.14. The summed E-state index contributed by atoms with van der Waals surface area (Å²) in [6.07, 6.45) is 1.57. The Balaban J connectivity index is 1.37. The maximum Gasteiger partial charge on any atom is 0.269 e. The van der Waals surface area contributed by atoms with Crippen molar-refractivity contribution < 1.29 is 28.7 Å². The predicted molar refractivity (Wildman–Crippen MR) is 126 cm³/mol. The van der Waals surface area contributed by atoms with E-state index in [0.717, 1.165) is 21.3 Å². The zero-order valence-electron chi connectivity index (χ0n) is 18.0. The van der Waals surface area contributed by atoms with Crippen LogP contribution in [0.15, 0.2) is 58.8 Å². The number of benzene rings is 3. The van der Waals surface area contributed by atoms with Gasteiger partial charge >= 0.3 is 0 Å². The summed E-state index contributed by atoms with van der Waals surface area (Å²) in [5.41, 5.74) is 3.57. The van der Waals surface area contributed by atoms with Crippen LogP contribution < -0.4 is 14.2 Å². The molecule has 172 valence electrons. The average molecular weight is 524 g/mol. The van der Waals surface area contributed by atoms with Gasteiger partial charge in [-0.3, -0.25) is 14.9 Å². The summed E-state index contributed by atoms with van der Waals surface area (Å²) in [5.74, 6) is 1.68. The Morgan fingerprint density at radius 2 is 1.94 bits per heavy atom. The minimum absolute atomic E-state index is 0.0219. The second-order valence-electron chi connectivity index (χ2n) is 7.81. The molecule has 5 rings (SSSR count). The van der Waals surface area contributed by atoms with Crippen molar-refractivity contribution in [1.82, 2.24) is 0 Å². The monoisotopic (exact) mass is 523 g/mol. The van der Waals surface area contributed by atoms with Crippen molar-refractivity contribution in [3.05, 3.63) is 96.7 Å². The molecule has 34 heavy (non-hydrogen) atoms. The molecule has 0 aliphatic carbocycles. The Bertz CT molecular complexity index is 1350. The highest BCUT2D eigenvalue weighted by Gasteiger charge is 2.30. The van der Waals surface area contributed by atoms with Gasteiger partial charge in [0.15, 0.2) is 12.6 Å². The van der Waals surface area contributed by atoms with Crippen LogP contribution >= 0.6 is 15.9 Å². The molecule has 0 N–H and O–H groups in total. The van der Waals surface area contributed by atoms with Gasteiger partial charge in [0.2, 0.25) is 5.78 Å². The van der Waals surface area contributed by atoms with Crippen molar-refractivity contribution in [2.75, 3.05) is 6.79 Å². The number of carbonyl (C=O) groups is 1. The van der Waals surface area contributed by atoms with Crippen LogP contribution in [0.3, 0.4) is 0 Å². The molecule has 0 fully saturated rings. The van der Waals surface area contributed by atoms with E-state index in [4.69, 9.17) is 18.9 Å². The number of nitrogens with zero attached hydrogens (tertiary/aromatic N) is 1. The van der Waals surface area contributed by atoms with Gasteiger partial charge in [-0.15, -0.1) is 0 Å². The van der Waals surface area contributed by atoms with Gasteiger partial charge in [0.05, 0.1) is 17.1 Å². The zero-order chi connectivity index (χ0) is 23.8. The SMILES string of the molecule is Cc1c(OCc2cc(Br)cc3c2OCOC3)ccc2c1O/C(=C\c1ccc([N+](=O)[O-])cc1)C2=O. The van der Waals surface area contributed by atoms with E-state index >= 15 is 0 Å². The van der Waals surface area contributed by atoms with Gasteiger partial charge < -0.3 is 18.9 Å². The molecule has 0 spiro atoms. The molecule has 3 aromatic carbocycles. The lowest BCUT2D eigenvalue weighted by Gasteiger charge is -2.21. The van der Waals surface area contributed by atoms with E-state index in [9.17, 15) is 14.9 Å². The van der Waals surface area contributed by atoms with Crippen LogP contribution in [0, 0.1) is 17.0 Å². The number of ether oxygens (including phenoxy) is 4. The molecule has 0 unspecified atom stereocenters. The van der Waals surface area contributed by atoms with Crippen LogP contribution in [-0.4, -0.2) is 17.5 Å². The fourth-order valence-corrected chi connectivity index (χ4v) is 4.44. The van der Waals surface area contributed by atoms with Gasteiger partial charge in [-0.25, -0.2) is 0 Å². The molecule has 2 heterocycles. The first-order valence-electron chi connectivity index (χ1n) is 10.4. The average Bonchev–Trinajstić information content (AvgIpc) is 3.14. The van der Waals surface area contributed by atoms with Crippen molar-refractivity contribution in [3.8, 4) is 17.2 Å². The van der Waals surface area contributed by atoms with E-state index in [1.807, 2.05) is 19.1 Å². The number of carbonyl (C=O) groups excluding carboxylic acids is 1. The first kappa shape index (κ1) is 22.1. The summed E-state index contributed by atoms with van der Waals surface area (Å²) < 4.78 is 23.9. The Morgan fingerprint density at radius 1 is 1.15 bits per heavy atom. The molecule has 0 saturated carbocycles. The Morgan fingerprint density at radius 3 is 2.71 bits per heavy atom. The number of rotatable bonds is 5. The summed E-state index contributed by atoms with van der Waals surface area (Å²) in [7, 11) is 0. The molecular weight excluding hydrogens is 506 g/mol. The smallest absolute Gasteiger partial charge is 0.269 e. The number of ketones is 1. The molecule has 0 aromatic heterocycles. The van der Waals surface area contributed by atoms with Crippen LogP contribution in [0.2, 0.25) is 0 Å². The Hall–Kier alpha value is -3.69. The summed E-state index contributed by atoms with van der Waals surface area (Å²) in [4.78, 5) is 23.2. The fraction of sp³-hybridized carbons (Fsp3) is 0.160. The molecule has 0 saturated heterocycles. The third-order valence-electron chi connectivity index (χ3n) is 5.57. The molecule has 2 aliphatic heterocycles. The molecule has 9 heteroatoms. The molecular formula is C25H18BrNO7. The normalized spacial score (nSPS) is 15.4. The van der Waals surface area contributed by atoms with Crippen molar-refractivity contribution in [1.29, 1.82) is 0 Å². The van der Waals surface area contributed by atoms with Crippen molar-refractivity contribution >= 4 is 33.5 Å². The van der Waals surface area contributed by atoms with E-state index in [0.29, 0.717) is 34.8 Å². The number of halogens is 1. The van der Waals surface area contributed by atoms with E-state index in [1.54, 1.807) is 30.3 Å². The lowest BCUT2D eigenvalue weighted by molar-refractivity contribution is -0.384. The lowest BCUT2D eigenvalue weighted by atomic mass is 10.1. The predicted octanol–water partition coefficient (Wildman–Crippen LogP) is 5.73. The van der Waals surface area contributed by atoms with Crippen molar-refractivity contribution in [2.24, 2.45) is 0 Å². The van der Waals surface area contributed by atoms with Crippen LogP contribution in [0.25, 0.3) is 6.08 Å². The minimum Gasteiger partial charge on any atom is -0.488 e. The highest BCUT2D eigenvalue weighted by molar-refractivity contribution is 9.10. The number of allylic oxidation sites excluding steroid dienone is 1. The van der Waals surface area contributed by atoms with Crippen molar-refractivity contribution in [3.63, 3.8) is 0 Å². The number of nitro benzene ring substituents is 1. The second kappa shape index (κ2) is 8.92. The topological polar surface area (TPSA) is 97.1 Å². The Labute approximate surface area is 203 Å². The summed E-state index contributed by atoms with van der Waals surface area (Å²) in [5, 5.41) is 10.8. The fourth-order valence-electron chi connectivity index (χ4n) is 3.89. The molecule has 0 atom stereocenters. The van der Waals surface area contributed by atoms with Gasteiger partial charge in [0, 0.05) is 33.3 Å². The largest absolute Gasteiger partial charge is 0.488 e. The third kappa shape index (κ3) is 4.15. The highest BCUT2D eigenvalue weighted by Crippen LogP contribution is 2.40. The standard InChI is InChI=1S/C25H18BrNO7/c1-14-21(32-12-17-10-18(26)9-16-11-31-13-33-25(16)17)7-6-20-23(28)22(34-24(14)20)8-15-2-4-19(5-3-15)27(29)30/h2-10H,11-13H2,1H3/b22-8-. The number of Topliss-reactive ketones (excluding diaryl/α,β-unsaturated/α-hetero) is 1. The summed E-state index contributed by atoms with van der Waals surface area (Å²) in [6, 6.07) is 13.2. The Kier molecular flexibility index (Phi) is 5.80.